The average Bonchev–Trinajstić information content (AvgIpc) is 3.55. The first-order chi connectivity index (χ1) is 27.1. The molecule has 0 heterocycles. The van der Waals surface area contributed by atoms with Gasteiger partial charge in [-0.3, -0.25) is 4.79 Å². The number of ketones is 1. The first-order valence-electron chi connectivity index (χ1n) is 18.7. The molecule has 0 saturated carbocycles. The molecule has 0 saturated heterocycles. The number of fused-ring (bicyclic) bond motifs is 1. The summed E-state index contributed by atoms with van der Waals surface area (Å²) in [7, 11) is 0. The molecule has 0 radical (unpaired) electrons. The van der Waals surface area contributed by atoms with Gasteiger partial charge in [-0.05, 0) is 84.0 Å². The van der Waals surface area contributed by atoms with Gasteiger partial charge in [0.2, 0.25) is 0 Å². The van der Waals surface area contributed by atoms with Crippen LogP contribution in [0.1, 0.15) is 80.9 Å². The van der Waals surface area contributed by atoms with Crippen LogP contribution < -0.4 is 9.47 Å². The monoisotopic (exact) mass is 738 g/mol. The maximum atomic E-state index is 13.7. The summed E-state index contributed by atoms with van der Waals surface area (Å²) in [4.78, 5) is 36.6. The van der Waals surface area contributed by atoms with E-state index in [0.717, 1.165) is 64.8 Å². The van der Waals surface area contributed by atoms with Crippen molar-refractivity contribution in [3.63, 3.8) is 0 Å². The lowest BCUT2D eigenvalue weighted by Gasteiger charge is -2.28. The molecule has 1 aliphatic carbocycles. The number of benzene rings is 5. The standard InChI is InChI=1S/C47H46O8/c1-2-29-53-54-31-14-4-3-13-30-50-41-25-27-42(28-26-41)51-34-52-45(36-15-7-5-8-16-36)46(37-17-9-6-10-18-37)55-47(49)38-23-21-35(22-24-38)32-40-33-39-19-11-12-20-43(39)44(40)48/h2,5-12,15-28,32,45-46H,1,3-4,13-14,29-31,33-34H2/t45-,46+/m0/s1. The van der Waals surface area contributed by atoms with Gasteiger partial charge in [-0.2, -0.15) is 0 Å². The van der Waals surface area contributed by atoms with Crippen LogP contribution in [0, 0.1) is 0 Å². The van der Waals surface area contributed by atoms with Gasteiger partial charge in [-0.1, -0.05) is 110 Å². The molecular formula is C47H46O8. The van der Waals surface area contributed by atoms with E-state index in [0.29, 0.717) is 37.6 Å². The minimum Gasteiger partial charge on any atom is -0.494 e. The van der Waals surface area contributed by atoms with Gasteiger partial charge in [-0.15, -0.1) is 6.58 Å². The maximum Gasteiger partial charge on any atom is 0.338 e. The Morgan fingerprint density at radius 3 is 1.95 bits per heavy atom. The van der Waals surface area contributed by atoms with E-state index in [2.05, 4.69) is 6.58 Å². The highest BCUT2D eigenvalue weighted by molar-refractivity contribution is 6.15. The number of rotatable bonds is 21. The predicted octanol–water partition coefficient (Wildman–Crippen LogP) is 10.3. The Morgan fingerprint density at radius 1 is 0.655 bits per heavy atom. The van der Waals surface area contributed by atoms with Crippen molar-refractivity contribution >= 4 is 17.8 Å². The van der Waals surface area contributed by atoms with Crippen LogP contribution in [-0.2, 0) is 25.7 Å². The van der Waals surface area contributed by atoms with Gasteiger partial charge in [0.25, 0.3) is 0 Å². The van der Waals surface area contributed by atoms with Crippen molar-refractivity contribution in [3.05, 3.63) is 185 Å². The van der Waals surface area contributed by atoms with Crippen LogP contribution in [0.2, 0.25) is 0 Å². The van der Waals surface area contributed by atoms with Crippen LogP contribution in [0.15, 0.2) is 152 Å². The summed E-state index contributed by atoms with van der Waals surface area (Å²) in [6.45, 7) is 5.08. The topological polar surface area (TPSA) is 89.5 Å². The predicted molar refractivity (Wildman–Crippen MR) is 212 cm³/mol. The van der Waals surface area contributed by atoms with Crippen LogP contribution in [-0.4, -0.2) is 38.4 Å². The molecule has 55 heavy (non-hydrogen) atoms. The van der Waals surface area contributed by atoms with E-state index in [1.54, 1.807) is 18.2 Å². The number of ether oxygens (including phenoxy) is 4. The van der Waals surface area contributed by atoms with Crippen LogP contribution in [0.25, 0.3) is 6.08 Å². The molecule has 1 aliphatic rings. The van der Waals surface area contributed by atoms with Crippen LogP contribution in [0.4, 0.5) is 0 Å². The lowest BCUT2D eigenvalue weighted by molar-refractivity contribution is -0.286. The summed E-state index contributed by atoms with van der Waals surface area (Å²) >= 11 is 0. The van der Waals surface area contributed by atoms with Crippen molar-refractivity contribution in [2.24, 2.45) is 0 Å². The Labute approximate surface area is 322 Å². The Hall–Kier alpha value is -5.80. The summed E-state index contributed by atoms with van der Waals surface area (Å²) in [6, 6.07) is 41.4. The smallest absolute Gasteiger partial charge is 0.338 e. The maximum absolute atomic E-state index is 13.7. The number of hydrogen-bond acceptors (Lipinski definition) is 8. The van der Waals surface area contributed by atoms with Crippen molar-refractivity contribution in [3.8, 4) is 11.5 Å². The van der Waals surface area contributed by atoms with Gasteiger partial charge >= 0.3 is 5.97 Å². The number of unbranched alkanes of at least 4 members (excludes halogenated alkanes) is 3. The van der Waals surface area contributed by atoms with E-state index in [-0.39, 0.29) is 12.6 Å². The van der Waals surface area contributed by atoms with Gasteiger partial charge in [-0.25, -0.2) is 14.6 Å². The molecule has 0 amide bonds. The molecule has 0 aliphatic heterocycles. The first-order valence-corrected chi connectivity index (χ1v) is 18.7. The minimum absolute atomic E-state index is 0.0401. The molecule has 0 unspecified atom stereocenters. The molecule has 282 valence electrons. The largest absolute Gasteiger partial charge is 0.494 e. The van der Waals surface area contributed by atoms with E-state index >= 15 is 0 Å². The molecule has 8 nitrogen and oxygen atoms in total. The Bertz CT molecular complexity index is 1990. The van der Waals surface area contributed by atoms with Crippen LogP contribution in [0.3, 0.4) is 0 Å². The number of carbonyl (C=O) groups is 2. The number of allylic oxidation sites excluding steroid dienone is 1. The molecular weight excluding hydrogens is 693 g/mol. The molecule has 5 aromatic rings. The molecule has 8 heteroatoms. The zero-order valence-corrected chi connectivity index (χ0v) is 30.8. The second-order valence-electron chi connectivity index (χ2n) is 13.1. The third-order valence-corrected chi connectivity index (χ3v) is 9.14. The highest BCUT2D eigenvalue weighted by Gasteiger charge is 2.30. The number of carbonyl (C=O) groups excluding carboxylic acids is 2. The molecule has 0 bridgehead atoms. The van der Waals surface area contributed by atoms with Crippen molar-refractivity contribution in [2.75, 3.05) is 26.6 Å². The summed E-state index contributed by atoms with van der Waals surface area (Å²) in [6.07, 6.45) is 6.60. The fraction of sp³-hybridized carbons (Fsp3) is 0.234. The van der Waals surface area contributed by atoms with Gasteiger partial charge in [0, 0.05) is 17.6 Å². The molecule has 2 atom stereocenters. The fourth-order valence-electron chi connectivity index (χ4n) is 6.29. The number of hydrogen-bond donors (Lipinski definition) is 0. The van der Waals surface area contributed by atoms with E-state index in [1.165, 1.54) is 0 Å². The second kappa shape index (κ2) is 20.6. The number of esters is 1. The molecule has 0 spiro atoms. The molecule has 0 aromatic heterocycles. The van der Waals surface area contributed by atoms with Crippen molar-refractivity contribution in [2.45, 2.75) is 44.3 Å². The second-order valence-corrected chi connectivity index (χ2v) is 13.1. The third-order valence-electron chi connectivity index (χ3n) is 9.14. The lowest BCUT2D eigenvalue weighted by Crippen LogP contribution is -2.22. The highest BCUT2D eigenvalue weighted by Crippen LogP contribution is 2.36. The summed E-state index contributed by atoms with van der Waals surface area (Å²) in [5.74, 6) is 0.916. The number of Topliss-reactive ketones (excluding diaryl/α,β-unsaturated/α-hetero) is 1. The van der Waals surface area contributed by atoms with E-state index < -0.39 is 18.2 Å². The normalized spacial score (nSPS) is 13.9. The summed E-state index contributed by atoms with van der Waals surface area (Å²) in [5.41, 5.74) is 5.32. The zero-order chi connectivity index (χ0) is 38.1. The fourth-order valence-corrected chi connectivity index (χ4v) is 6.29. The van der Waals surface area contributed by atoms with Crippen molar-refractivity contribution in [1.82, 2.24) is 0 Å². The Morgan fingerprint density at radius 2 is 1.27 bits per heavy atom. The summed E-state index contributed by atoms with van der Waals surface area (Å²) in [5, 5.41) is 0. The summed E-state index contributed by atoms with van der Waals surface area (Å²) < 4.78 is 24.6. The van der Waals surface area contributed by atoms with Gasteiger partial charge in [0.1, 0.15) is 24.2 Å². The van der Waals surface area contributed by atoms with E-state index in [4.69, 9.17) is 28.7 Å². The molecule has 5 aromatic carbocycles. The Kier molecular flexibility index (Phi) is 14.6. The van der Waals surface area contributed by atoms with Crippen LogP contribution in [0.5, 0.6) is 11.5 Å². The van der Waals surface area contributed by atoms with Crippen molar-refractivity contribution < 1.29 is 38.3 Å². The highest BCUT2D eigenvalue weighted by atomic mass is 17.2. The van der Waals surface area contributed by atoms with Gasteiger partial charge < -0.3 is 18.9 Å². The minimum atomic E-state index is -0.787. The Balaban J connectivity index is 1.06. The molecule has 6 rings (SSSR count). The van der Waals surface area contributed by atoms with E-state index in [1.807, 2.05) is 127 Å². The lowest BCUT2D eigenvalue weighted by atomic mass is 9.97. The molecule has 0 fully saturated rings. The third kappa shape index (κ3) is 11.4. The zero-order valence-electron chi connectivity index (χ0n) is 30.8. The van der Waals surface area contributed by atoms with Gasteiger partial charge in [0.05, 0.1) is 18.8 Å². The quantitative estimate of drug-likeness (QED) is 0.0140. The van der Waals surface area contributed by atoms with E-state index in [9.17, 15) is 9.59 Å². The first kappa shape index (κ1) is 38.9. The van der Waals surface area contributed by atoms with Crippen LogP contribution >= 0.6 is 0 Å². The SMILES string of the molecule is C=CCOOCCCCCCOc1ccc(OCO[C@@H](c2ccccc2)[C@H](OC(=O)c2ccc(C=C3Cc4ccccc4C3=O)cc2)c2ccccc2)cc1. The molecule has 0 N–H and O–H groups in total. The van der Waals surface area contributed by atoms with Gasteiger partial charge in [0.15, 0.2) is 18.7 Å². The van der Waals surface area contributed by atoms with Crippen molar-refractivity contribution in [1.29, 1.82) is 0 Å². The average molecular weight is 739 g/mol.